The summed E-state index contributed by atoms with van der Waals surface area (Å²) in [6.07, 6.45) is 3.09. The van der Waals surface area contributed by atoms with Crippen LogP contribution < -0.4 is 0 Å². The number of thiophene rings is 1. The summed E-state index contributed by atoms with van der Waals surface area (Å²) >= 11 is 1.36. The summed E-state index contributed by atoms with van der Waals surface area (Å²) in [6, 6.07) is 1.81. The molecular weight excluding hydrogens is 278 g/mol. The average Bonchev–Trinajstić information content (AvgIpc) is 3.04. The van der Waals surface area contributed by atoms with Gasteiger partial charge in [0.15, 0.2) is 0 Å². The first kappa shape index (κ1) is 13.2. The number of hydrogen-bond acceptors (Lipinski definition) is 6. The molecule has 0 bridgehead atoms. The van der Waals surface area contributed by atoms with Crippen molar-refractivity contribution in [3.63, 3.8) is 0 Å². The molecule has 0 atom stereocenters. The van der Waals surface area contributed by atoms with Gasteiger partial charge in [-0.2, -0.15) is 4.68 Å². The SMILES string of the molecule is CCCC1(O)CN(C(=O)c2sccc2-n2cnnn2)C1. The molecule has 0 unspecified atom stereocenters. The Kier molecular flexibility index (Phi) is 3.27. The van der Waals surface area contributed by atoms with E-state index in [1.54, 1.807) is 4.90 Å². The Morgan fingerprint density at radius 3 is 3.00 bits per heavy atom. The molecule has 0 radical (unpaired) electrons. The minimum absolute atomic E-state index is 0.0775. The van der Waals surface area contributed by atoms with Crippen LogP contribution in [0.4, 0.5) is 0 Å². The van der Waals surface area contributed by atoms with Crippen molar-refractivity contribution in [2.45, 2.75) is 25.4 Å². The van der Waals surface area contributed by atoms with Gasteiger partial charge < -0.3 is 10.0 Å². The Balaban J connectivity index is 1.76. The molecule has 1 aliphatic rings. The maximum absolute atomic E-state index is 12.4. The number of likely N-dealkylation sites (tertiary alicyclic amines) is 1. The topological polar surface area (TPSA) is 84.1 Å². The minimum Gasteiger partial charge on any atom is -0.386 e. The molecule has 2 aromatic rings. The predicted molar refractivity (Wildman–Crippen MR) is 72.8 cm³/mol. The third-order valence-corrected chi connectivity index (χ3v) is 4.30. The smallest absolute Gasteiger partial charge is 0.266 e. The van der Waals surface area contributed by atoms with Gasteiger partial charge in [-0.25, -0.2) is 0 Å². The number of carbonyl (C=O) groups is 1. The van der Waals surface area contributed by atoms with E-state index in [0.29, 0.717) is 23.7 Å². The molecule has 0 spiro atoms. The maximum atomic E-state index is 12.4. The van der Waals surface area contributed by atoms with Crippen molar-refractivity contribution in [3.8, 4) is 5.69 Å². The van der Waals surface area contributed by atoms with Crippen molar-refractivity contribution in [1.82, 2.24) is 25.1 Å². The summed E-state index contributed by atoms with van der Waals surface area (Å²) in [7, 11) is 0. The number of rotatable bonds is 4. The molecule has 0 saturated carbocycles. The number of carbonyl (C=O) groups excluding carboxylic acids is 1. The molecule has 3 rings (SSSR count). The molecule has 1 saturated heterocycles. The van der Waals surface area contributed by atoms with Crippen LogP contribution >= 0.6 is 11.3 Å². The van der Waals surface area contributed by atoms with Gasteiger partial charge in [0.1, 0.15) is 11.2 Å². The highest BCUT2D eigenvalue weighted by Gasteiger charge is 2.43. The number of hydrogen-bond donors (Lipinski definition) is 1. The van der Waals surface area contributed by atoms with Gasteiger partial charge in [-0.3, -0.25) is 4.79 Å². The Morgan fingerprint density at radius 2 is 2.35 bits per heavy atom. The molecule has 0 aliphatic carbocycles. The van der Waals surface area contributed by atoms with E-state index in [-0.39, 0.29) is 5.91 Å². The van der Waals surface area contributed by atoms with E-state index in [1.807, 2.05) is 18.4 Å². The zero-order valence-electron chi connectivity index (χ0n) is 11.1. The second-order valence-electron chi connectivity index (χ2n) is 5.02. The van der Waals surface area contributed by atoms with Crippen LogP contribution in [-0.4, -0.2) is 54.8 Å². The molecule has 7 nitrogen and oxygen atoms in total. The van der Waals surface area contributed by atoms with Crippen LogP contribution in [-0.2, 0) is 0 Å². The zero-order chi connectivity index (χ0) is 14.2. The van der Waals surface area contributed by atoms with Crippen LogP contribution in [0.25, 0.3) is 5.69 Å². The van der Waals surface area contributed by atoms with Crippen molar-refractivity contribution >= 4 is 17.2 Å². The van der Waals surface area contributed by atoms with E-state index >= 15 is 0 Å². The summed E-state index contributed by atoms with van der Waals surface area (Å²) in [6.45, 7) is 2.82. The average molecular weight is 293 g/mol. The van der Waals surface area contributed by atoms with Gasteiger partial charge in [0.05, 0.1) is 24.4 Å². The quantitative estimate of drug-likeness (QED) is 0.897. The van der Waals surface area contributed by atoms with Crippen LogP contribution in [0, 0.1) is 0 Å². The lowest BCUT2D eigenvalue weighted by Crippen LogP contribution is -2.63. The fraction of sp³-hybridized carbons (Fsp3) is 0.500. The van der Waals surface area contributed by atoms with Gasteiger partial charge in [-0.1, -0.05) is 13.3 Å². The Hall–Kier alpha value is -1.80. The van der Waals surface area contributed by atoms with Crippen molar-refractivity contribution in [1.29, 1.82) is 0 Å². The van der Waals surface area contributed by atoms with Gasteiger partial charge in [0, 0.05) is 0 Å². The molecule has 0 aromatic carbocycles. The van der Waals surface area contributed by atoms with Crippen LogP contribution in [0.15, 0.2) is 17.8 Å². The Bertz CT molecular complexity index is 603. The van der Waals surface area contributed by atoms with E-state index in [9.17, 15) is 9.90 Å². The van der Waals surface area contributed by atoms with Gasteiger partial charge in [0.2, 0.25) is 0 Å². The first-order valence-corrected chi connectivity index (χ1v) is 7.33. The maximum Gasteiger partial charge on any atom is 0.266 e. The molecule has 1 N–H and O–H groups in total. The molecule has 1 fully saturated rings. The van der Waals surface area contributed by atoms with Crippen LogP contribution in [0.1, 0.15) is 29.4 Å². The van der Waals surface area contributed by atoms with Crippen molar-refractivity contribution in [2.75, 3.05) is 13.1 Å². The van der Waals surface area contributed by atoms with Gasteiger partial charge in [-0.05, 0) is 28.3 Å². The number of amides is 1. The lowest BCUT2D eigenvalue weighted by atomic mass is 9.89. The molecule has 3 heterocycles. The summed E-state index contributed by atoms with van der Waals surface area (Å²) in [5.74, 6) is -0.0775. The van der Waals surface area contributed by atoms with Crippen LogP contribution in [0.5, 0.6) is 0 Å². The predicted octanol–water partition coefficient (Wildman–Crippen LogP) is 0.711. The summed E-state index contributed by atoms with van der Waals surface area (Å²) < 4.78 is 1.47. The van der Waals surface area contributed by atoms with E-state index in [0.717, 1.165) is 12.8 Å². The highest BCUT2D eigenvalue weighted by atomic mass is 32.1. The lowest BCUT2D eigenvalue weighted by Gasteiger charge is -2.46. The monoisotopic (exact) mass is 293 g/mol. The van der Waals surface area contributed by atoms with Crippen molar-refractivity contribution in [2.24, 2.45) is 0 Å². The normalized spacial score (nSPS) is 17.0. The minimum atomic E-state index is -0.712. The molecule has 20 heavy (non-hydrogen) atoms. The first-order chi connectivity index (χ1) is 9.63. The second kappa shape index (κ2) is 4.95. The highest BCUT2D eigenvalue weighted by molar-refractivity contribution is 7.12. The van der Waals surface area contributed by atoms with Gasteiger partial charge in [0.25, 0.3) is 5.91 Å². The van der Waals surface area contributed by atoms with E-state index < -0.39 is 5.60 Å². The number of β-amino-alcohol motifs (C(OH)–C–C–N with tert-alkyl or cyclic N) is 1. The van der Waals surface area contributed by atoms with Gasteiger partial charge in [-0.15, -0.1) is 16.4 Å². The van der Waals surface area contributed by atoms with Crippen molar-refractivity contribution < 1.29 is 9.90 Å². The third-order valence-electron chi connectivity index (χ3n) is 3.41. The first-order valence-electron chi connectivity index (χ1n) is 6.45. The van der Waals surface area contributed by atoms with Gasteiger partial charge >= 0.3 is 0 Å². The van der Waals surface area contributed by atoms with Crippen LogP contribution in [0.2, 0.25) is 0 Å². The molecule has 1 aliphatic heterocycles. The van der Waals surface area contributed by atoms with E-state index in [2.05, 4.69) is 15.5 Å². The summed E-state index contributed by atoms with van der Waals surface area (Å²) in [5, 5.41) is 22.9. The fourth-order valence-corrected chi connectivity index (χ4v) is 3.33. The fourth-order valence-electron chi connectivity index (χ4n) is 2.49. The standard InChI is InChI=1S/C12H15N5O2S/c1-2-4-12(19)6-16(7-12)11(18)10-9(3-5-20-10)17-8-13-14-15-17/h3,5,8,19H,2,4,6-7H2,1H3. The Morgan fingerprint density at radius 1 is 1.55 bits per heavy atom. The largest absolute Gasteiger partial charge is 0.386 e. The highest BCUT2D eigenvalue weighted by Crippen LogP contribution is 2.30. The number of tetrazole rings is 1. The van der Waals surface area contributed by atoms with E-state index in [4.69, 9.17) is 0 Å². The number of aliphatic hydroxyl groups is 1. The van der Waals surface area contributed by atoms with Crippen LogP contribution in [0.3, 0.4) is 0 Å². The Labute approximate surface area is 119 Å². The second-order valence-corrected chi connectivity index (χ2v) is 5.94. The molecule has 1 amide bonds. The van der Waals surface area contributed by atoms with Crippen molar-refractivity contribution in [3.05, 3.63) is 22.7 Å². The zero-order valence-corrected chi connectivity index (χ0v) is 11.9. The molecule has 8 heteroatoms. The molecule has 106 valence electrons. The number of nitrogens with zero attached hydrogens (tertiary/aromatic N) is 5. The van der Waals surface area contributed by atoms with E-state index in [1.165, 1.54) is 22.3 Å². The lowest BCUT2D eigenvalue weighted by molar-refractivity contribution is -0.0858. The molecular formula is C12H15N5O2S. The summed E-state index contributed by atoms with van der Waals surface area (Å²) in [5.41, 5.74) is -0.0349. The molecule has 2 aromatic heterocycles. The summed E-state index contributed by atoms with van der Waals surface area (Å²) in [4.78, 5) is 14.7. The third kappa shape index (κ3) is 2.20. The number of aromatic nitrogens is 4.